The average molecular weight is 281 g/mol. The Hall–Kier alpha value is -2.20. The quantitative estimate of drug-likeness (QED) is 0.770. The SMILES string of the molecule is Cc1cc(C)cc(-c2sc(N)nc2-c2ccncc2)c1. The van der Waals surface area contributed by atoms with Crippen LogP contribution in [0.4, 0.5) is 5.13 Å². The van der Waals surface area contributed by atoms with Crippen molar-refractivity contribution in [2.24, 2.45) is 0 Å². The second kappa shape index (κ2) is 5.06. The summed E-state index contributed by atoms with van der Waals surface area (Å²) in [7, 11) is 0. The maximum Gasteiger partial charge on any atom is 0.181 e. The van der Waals surface area contributed by atoms with Crippen LogP contribution in [0.1, 0.15) is 11.1 Å². The van der Waals surface area contributed by atoms with Gasteiger partial charge in [0.15, 0.2) is 5.13 Å². The van der Waals surface area contributed by atoms with Gasteiger partial charge in [0, 0.05) is 18.0 Å². The van der Waals surface area contributed by atoms with Gasteiger partial charge in [-0.3, -0.25) is 4.98 Å². The Bertz CT molecular complexity index is 727. The van der Waals surface area contributed by atoms with E-state index in [9.17, 15) is 0 Å². The molecule has 0 aliphatic carbocycles. The van der Waals surface area contributed by atoms with Gasteiger partial charge < -0.3 is 5.73 Å². The lowest BCUT2D eigenvalue weighted by atomic mass is 10.0. The van der Waals surface area contributed by atoms with Crippen LogP contribution in [0.25, 0.3) is 21.7 Å². The van der Waals surface area contributed by atoms with Gasteiger partial charge in [0.05, 0.1) is 10.6 Å². The summed E-state index contributed by atoms with van der Waals surface area (Å²) in [5.41, 5.74) is 11.6. The average Bonchev–Trinajstić information content (AvgIpc) is 2.81. The van der Waals surface area contributed by atoms with E-state index in [1.165, 1.54) is 28.0 Å². The Morgan fingerprint density at radius 1 is 0.950 bits per heavy atom. The fourth-order valence-electron chi connectivity index (χ4n) is 2.34. The molecule has 0 spiro atoms. The molecular weight excluding hydrogens is 266 g/mol. The minimum atomic E-state index is 0.589. The number of benzene rings is 1. The van der Waals surface area contributed by atoms with Crippen molar-refractivity contribution in [1.29, 1.82) is 0 Å². The van der Waals surface area contributed by atoms with Gasteiger partial charge in [0.2, 0.25) is 0 Å². The summed E-state index contributed by atoms with van der Waals surface area (Å²) in [4.78, 5) is 9.65. The highest BCUT2D eigenvalue weighted by atomic mass is 32.1. The van der Waals surface area contributed by atoms with Crippen LogP contribution in [0.3, 0.4) is 0 Å². The molecule has 3 aromatic rings. The minimum absolute atomic E-state index is 0.589. The Morgan fingerprint density at radius 2 is 1.60 bits per heavy atom. The van der Waals surface area contributed by atoms with Crippen molar-refractivity contribution in [3.63, 3.8) is 0 Å². The van der Waals surface area contributed by atoms with Crippen LogP contribution in [0.2, 0.25) is 0 Å². The standard InChI is InChI=1S/C16H15N3S/c1-10-7-11(2)9-13(8-10)15-14(19-16(17)20-15)12-3-5-18-6-4-12/h3-9H,1-2H3,(H2,17,19). The first-order chi connectivity index (χ1) is 9.63. The molecule has 0 radical (unpaired) electrons. The summed E-state index contributed by atoms with van der Waals surface area (Å²) in [6, 6.07) is 10.4. The lowest BCUT2D eigenvalue weighted by Crippen LogP contribution is -1.86. The summed E-state index contributed by atoms with van der Waals surface area (Å²) in [6.45, 7) is 4.21. The fraction of sp³-hybridized carbons (Fsp3) is 0.125. The van der Waals surface area contributed by atoms with E-state index in [0.29, 0.717) is 5.13 Å². The number of anilines is 1. The first kappa shape index (κ1) is 12.8. The van der Waals surface area contributed by atoms with Crippen molar-refractivity contribution in [2.45, 2.75) is 13.8 Å². The molecule has 2 N–H and O–H groups in total. The highest BCUT2D eigenvalue weighted by Crippen LogP contribution is 2.38. The number of hydrogen-bond acceptors (Lipinski definition) is 4. The summed E-state index contributed by atoms with van der Waals surface area (Å²) >= 11 is 1.53. The van der Waals surface area contributed by atoms with Crippen molar-refractivity contribution < 1.29 is 0 Å². The van der Waals surface area contributed by atoms with Crippen molar-refractivity contribution in [3.8, 4) is 21.7 Å². The molecule has 0 unspecified atom stereocenters. The smallest absolute Gasteiger partial charge is 0.181 e. The molecule has 2 heterocycles. The molecule has 0 aliphatic heterocycles. The van der Waals surface area contributed by atoms with E-state index >= 15 is 0 Å². The van der Waals surface area contributed by atoms with Crippen LogP contribution in [0, 0.1) is 13.8 Å². The van der Waals surface area contributed by atoms with E-state index in [-0.39, 0.29) is 0 Å². The van der Waals surface area contributed by atoms with E-state index in [0.717, 1.165) is 16.1 Å². The largest absolute Gasteiger partial charge is 0.375 e. The Labute approximate surface area is 122 Å². The van der Waals surface area contributed by atoms with Crippen molar-refractivity contribution in [1.82, 2.24) is 9.97 Å². The maximum atomic E-state index is 5.92. The summed E-state index contributed by atoms with van der Waals surface area (Å²) < 4.78 is 0. The van der Waals surface area contributed by atoms with Crippen LogP contribution < -0.4 is 5.73 Å². The molecule has 0 fully saturated rings. The third kappa shape index (κ3) is 2.42. The number of nitrogen functional groups attached to an aromatic ring is 1. The van der Waals surface area contributed by atoms with Crippen LogP contribution in [-0.4, -0.2) is 9.97 Å². The monoisotopic (exact) mass is 281 g/mol. The predicted molar refractivity (Wildman–Crippen MR) is 84.7 cm³/mol. The van der Waals surface area contributed by atoms with Gasteiger partial charge >= 0.3 is 0 Å². The molecule has 0 saturated heterocycles. The third-order valence-electron chi connectivity index (χ3n) is 3.08. The Balaban J connectivity index is 2.19. The van der Waals surface area contributed by atoms with Gasteiger partial charge in [0.25, 0.3) is 0 Å². The topological polar surface area (TPSA) is 51.8 Å². The van der Waals surface area contributed by atoms with E-state index in [4.69, 9.17) is 5.73 Å². The number of thiazole rings is 1. The first-order valence-corrected chi connectivity index (χ1v) is 7.20. The lowest BCUT2D eigenvalue weighted by molar-refractivity contribution is 1.31. The molecule has 0 amide bonds. The van der Waals surface area contributed by atoms with Gasteiger partial charge in [-0.1, -0.05) is 40.7 Å². The van der Waals surface area contributed by atoms with Crippen LogP contribution in [0.5, 0.6) is 0 Å². The van der Waals surface area contributed by atoms with Gasteiger partial charge in [-0.05, 0) is 31.5 Å². The minimum Gasteiger partial charge on any atom is -0.375 e. The zero-order chi connectivity index (χ0) is 14.1. The molecule has 2 aromatic heterocycles. The van der Waals surface area contributed by atoms with Gasteiger partial charge in [0.1, 0.15) is 0 Å². The summed E-state index contributed by atoms with van der Waals surface area (Å²) in [5, 5.41) is 0.589. The molecule has 20 heavy (non-hydrogen) atoms. The van der Waals surface area contributed by atoms with E-state index in [1.807, 2.05) is 12.1 Å². The third-order valence-corrected chi connectivity index (χ3v) is 4.01. The first-order valence-electron chi connectivity index (χ1n) is 6.39. The molecule has 0 saturated carbocycles. The molecule has 3 nitrogen and oxygen atoms in total. The van der Waals surface area contributed by atoms with Crippen LogP contribution in [0.15, 0.2) is 42.7 Å². The van der Waals surface area contributed by atoms with Crippen molar-refractivity contribution in [3.05, 3.63) is 53.9 Å². The molecular formula is C16H15N3S. The molecule has 3 rings (SSSR count). The highest BCUT2D eigenvalue weighted by Gasteiger charge is 2.14. The molecule has 4 heteroatoms. The Kier molecular flexibility index (Phi) is 3.24. The number of nitrogens with zero attached hydrogens (tertiary/aromatic N) is 2. The number of aryl methyl sites for hydroxylation is 2. The molecule has 0 aliphatic rings. The number of aromatic nitrogens is 2. The Morgan fingerprint density at radius 3 is 2.25 bits per heavy atom. The lowest BCUT2D eigenvalue weighted by Gasteiger charge is -2.05. The number of pyridine rings is 1. The fourth-order valence-corrected chi connectivity index (χ4v) is 3.19. The molecule has 100 valence electrons. The number of hydrogen-bond donors (Lipinski definition) is 1. The highest BCUT2D eigenvalue weighted by molar-refractivity contribution is 7.19. The summed E-state index contributed by atoms with van der Waals surface area (Å²) in [6.07, 6.45) is 3.55. The van der Waals surface area contributed by atoms with Gasteiger partial charge in [-0.2, -0.15) is 0 Å². The van der Waals surface area contributed by atoms with E-state index in [2.05, 4.69) is 42.0 Å². The van der Waals surface area contributed by atoms with Crippen molar-refractivity contribution in [2.75, 3.05) is 5.73 Å². The van der Waals surface area contributed by atoms with Crippen LogP contribution >= 0.6 is 11.3 Å². The van der Waals surface area contributed by atoms with Crippen molar-refractivity contribution >= 4 is 16.5 Å². The van der Waals surface area contributed by atoms with E-state index in [1.54, 1.807) is 12.4 Å². The second-order valence-electron chi connectivity index (χ2n) is 4.84. The molecule has 1 aromatic carbocycles. The zero-order valence-corrected chi connectivity index (χ0v) is 12.2. The van der Waals surface area contributed by atoms with Gasteiger partial charge in [-0.15, -0.1) is 0 Å². The number of nitrogens with two attached hydrogens (primary N) is 1. The zero-order valence-electron chi connectivity index (χ0n) is 11.4. The maximum absolute atomic E-state index is 5.92. The normalized spacial score (nSPS) is 10.7. The number of rotatable bonds is 2. The van der Waals surface area contributed by atoms with Crippen LogP contribution in [-0.2, 0) is 0 Å². The summed E-state index contributed by atoms with van der Waals surface area (Å²) in [5.74, 6) is 0. The second-order valence-corrected chi connectivity index (χ2v) is 5.87. The van der Waals surface area contributed by atoms with Gasteiger partial charge in [-0.25, -0.2) is 4.98 Å². The predicted octanol–water partition coefficient (Wildman–Crippen LogP) is 4.07. The van der Waals surface area contributed by atoms with E-state index < -0.39 is 0 Å². The molecule has 0 atom stereocenters. The molecule has 0 bridgehead atoms.